The van der Waals surface area contributed by atoms with Crippen molar-refractivity contribution in [3.8, 4) is 5.75 Å². The van der Waals surface area contributed by atoms with Crippen molar-refractivity contribution in [2.24, 2.45) is 27.9 Å². The van der Waals surface area contributed by atoms with Gasteiger partial charge in [-0.1, -0.05) is 60.7 Å². The molecule has 0 aliphatic carbocycles. The van der Waals surface area contributed by atoms with Gasteiger partial charge in [0.2, 0.25) is 41.4 Å². The van der Waals surface area contributed by atoms with E-state index < -0.39 is 89.7 Å². The Bertz CT molecular complexity index is 2380. The van der Waals surface area contributed by atoms with Crippen LogP contribution in [0.5, 0.6) is 5.75 Å². The number of aliphatic hydroxyl groups excluding tert-OH is 1. The van der Waals surface area contributed by atoms with Crippen LogP contribution >= 0.6 is 25.3 Å². The number of fused-ring (bicyclic) bond motifs is 1. The highest BCUT2D eigenvalue weighted by atomic mass is 32.1. The monoisotopic (exact) mass is 976 g/mol. The number of phenols is 1. The van der Waals surface area contributed by atoms with Crippen LogP contribution in [0.3, 0.4) is 0 Å². The first kappa shape index (κ1) is 53.8. The van der Waals surface area contributed by atoms with Crippen molar-refractivity contribution in [3.63, 3.8) is 0 Å². The average Bonchev–Trinajstić information content (AvgIpc) is 3.72. The van der Waals surface area contributed by atoms with Crippen molar-refractivity contribution in [1.29, 1.82) is 0 Å². The van der Waals surface area contributed by atoms with Crippen molar-refractivity contribution in [1.82, 2.24) is 36.9 Å². The molecule has 4 aromatic rings. The van der Waals surface area contributed by atoms with Crippen LogP contribution in [-0.4, -0.2) is 129 Å². The molecular weight excluding hydrogens is 917 g/mol. The molecule has 0 aliphatic heterocycles. The lowest BCUT2D eigenvalue weighted by atomic mass is 10.0. The summed E-state index contributed by atoms with van der Waals surface area (Å²) >= 11 is 8.48. The maximum absolute atomic E-state index is 14.6. The van der Waals surface area contributed by atoms with E-state index in [2.05, 4.69) is 67.1 Å². The highest BCUT2D eigenvalue weighted by Gasteiger charge is 2.34. The molecule has 0 radical (unpaired) electrons. The number of aliphatic imine (C=N–C) groups is 1. The van der Waals surface area contributed by atoms with E-state index in [0.717, 1.165) is 16.5 Å². The average molecular weight is 977 g/mol. The number of primary amides is 1. The quantitative estimate of drug-likeness (QED) is 0.0140. The van der Waals surface area contributed by atoms with Crippen LogP contribution < -0.4 is 54.8 Å². The van der Waals surface area contributed by atoms with E-state index in [9.17, 15) is 43.8 Å². The van der Waals surface area contributed by atoms with Gasteiger partial charge >= 0.3 is 0 Å². The number of aliphatic hydroxyl groups is 1. The minimum Gasteiger partial charge on any atom is -0.508 e. The van der Waals surface area contributed by atoms with Gasteiger partial charge in [0.15, 0.2) is 5.96 Å². The lowest BCUT2D eigenvalue weighted by Gasteiger charge is -2.27. The predicted octanol–water partition coefficient (Wildman–Crippen LogP) is -2.08. The third-order valence-corrected chi connectivity index (χ3v) is 11.4. The number of phenolic OH excluding ortho intramolecular Hbond substituents is 1. The molecule has 4 rings (SSSR count). The number of nitrogens with two attached hydrogens (primary N) is 4. The molecule has 7 amide bonds. The Hall–Kier alpha value is -6.82. The van der Waals surface area contributed by atoms with Gasteiger partial charge in [-0.3, -0.25) is 38.6 Å². The van der Waals surface area contributed by atoms with Gasteiger partial charge in [-0.25, -0.2) is 0 Å². The number of carbonyl (C=O) groups excluding carboxylic acids is 7. The number of aromatic hydroxyl groups is 1. The van der Waals surface area contributed by atoms with Gasteiger partial charge in [0.25, 0.3) is 0 Å². The highest BCUT2D eigenvalue weighted by molar-refractivity contribution is 7.80. The molecule has 1 aromatic heterocycles. The number of aromatic amines is 1. The van der Waals surface area contributed by atoms with Gasteiger partial charge in [-0.05, 0) is 61.1 Å². The molecule has 68 heavy (non-hydrogen) atoms. The van der Waals surface area contributed by atoms with Crippen LogP contribution in [0.1, 0.15) is 36.5 Å². The number of carbonyl (C=O) groups is 7. The fraction of sp³-hybridized carbons (Fsp3) is 0.378. The minimum absolute atomic E-state index is 0.0493. The first-order valence-electron chi connectivity index (χ1n) is 21.6. The highest BCUT2D eigenvalue weighted by Crippen LogP contribution is 2.20. The number of hydrogen-bond acceptors (Lipinski definition) is 13. The van der Waals surface area contributed by atoms with E-state index in [1.54, 1.807) is 36.5 Å². The van der Waals surface area contributed by atoms with Crippen molar-refractivity contribution >= 4 is 83.5 Å². The van der Waals surface area contributed by atoms with Crippen LogP contribution in [0, 0.1) is 0 Å². The van der Waals surface area contributed by atoms with Gasteiger partial charge in [-0.2, -0.15) is 25.3 Å². The molecule has 3 aromatic carbocycles. The first-order valence-corrected chi connectivity index (χ1v) is 22.9. The van der Waals surface area contributed by atoms with E-state index in [-0.39, 0.29) is 61.9 Å². The number of rotatable bonds is 26. The van der Waals surface area contributed by atoms with E-state index >= 15 is 0 Å². The second kappa shape index (κ2) is 26.5. The van der Waals surface area contributed by atoms with Gasteiger partial charge in [-0.15, -0.1) is 0 Å². The summed E-state index contributed by atoms with van der Waals surface area (Å²) in [7, 11) is 0. The molecule has 0 fully saturated rings. The third kappa shape index (κ3) is 16.5. The normalized spacial score (nSPS) is 14.6. The second-order valence-electron chi connectivity index (χ2n) is 16.0. The largest absolute Gasteiger partial charge is 0.508 e. The Morgan fingerprint density at radius 2 is 1.13 bits per heavy atom. The molecule has 0 spiro atoms. The van der Waals surface area contributed by atoms with E-state index in [1.165, 1.54) is 19.1 Å². The summed E-state index contributed by atoms with van der Waals surface area (Å²) in [5, 5.41) is 36.2. The molecule has 0 aliphatic rings. The number of aromatic nitrogens is 1. The number of amides is 7. The van der Waals surface area contributed by atoms with Gasteiger partial charge < -0.3 is 70.0 Å². The van der Waals surface area contributed by atoms with E-state index in [4.69, 9.17) is 22.9 Å². The fourth-order valence-corrected chi connectivity index (χ4v) is 7.49. The molecule has 0 bridgehead atoms. The molecule has 366 valence electrons. The molecule has 0 unspecified atom stereocenters. The SMILES string of the molecule is C[C@@H](O)[C@H](NC(=O)[C@H](CS)NC(=O)[C@H](CCCN=C(N)N)NC(=O)[C@@H](Cc1c[nH]c2ccccc12)NC(=O)[C@H](Cc1ccc(O)cc1)NC(=O)[C@H](CS)NC(=O)[C@H](N)Cc1ccccc1)C(N)=O. The number of para-hydroxylation sites is 1. The van der Waals surface area contributed by atoms with Crippen LogP contribution in [0.25, 0.3) is 10.9 Å². The Kier molecular flexibility index (Phi) is 21.0. The smallest absolute Gasteiger partial charge is 0.244 e. The van der Waals surface area contributed by atoms with E-state index in [0.29, 0.717) is 11.1 Å². The van der Waals surface area contributed by atoms with Gasteiger partial charge in [0.05, 0.1) is 12.1 Å². The van der Waals surface area contributed by atoms with Crippen molar-refractivity contribution in [2.45, 2.75) is 87.4 Å². The molecule has 21 nitrogen and oxygen atoms in total. The lowest BCUT2D eigenvalue weighted by molar-refractivity contribution is -0.135. The molecular formula is C45H60N12O9S2. The van der Waals surface area contributed by atoms with Crippen molar-refractivity contribution in [3.05, 3.63) is 102 Å². The van der Waals surface area contributed by atoms with Crippen molar-refractivity contribution < 1.29 is 43.8 Å². The predicted molar refractivity (Wildman–Crippen MR) is 262 cm³/mol. The van der Waals surface area contributed by atoms with Crippen LogP contribution in [0.2, 0.25) is 0 Å². The Morgan fingerprint density at radius 1 is 0.632 bits per heavy atom. The number of hydrogen-bond donors (Lipinski definition) is 15. The maximum Gasteiger partial charge on any atom is 0.244 e. The number of nitrogens with zero attached hydrogens (tertiary/aromatic N) is 1. The number of guanidine groups is 1. The molecule has 23 heteroatoms. The minimum atomic E-state index is -1.49. The number of benzene rings is 3. The number of nitrogens with one attached hydrogen (secondary N) is 7. The first-order chi connectivity index (χ1) is 32.4. The fourth-order valence-electron chi connectivity index (χ4n) is 6.98. The van der Waals surface area contributed by atoms with Crippen molar-refractivity contribution in [2.75, 3.05) is 18.1 Å². The Labute approximate surface area is 403 Å². The number of thiol groups is 2. The third-order valence-electron chi connectivity index (χ3n) is 10.7. The zero-order valence-electron chi connectivity index (χ0n) is 37.3. The Balaban J connectivity index is 1.64. The summed E-state index contributed by atoms with van der Waals surface area (Å²) in [5.74, 6) is -6.59. The standard InChI is InChI=1S/C45H60N12O9S2/c1-24(58)37(38(47)60)57-44(66)36(23-68)56-40(62)32(12-7-17-50-45(48)49)52-42(64)34(20-27-21-51-31-11-6-5-10-29(27)31)54-41(63)33(19-26-13-15-28(59)16-14-26)53-43(65)35(22-67)55-39(61)30(46)18-25-8-3-2-4-9-25/h2-6,8-11,13-16,21,24,30,32-37,51,58-59,67-68H,7,12,17-20,22-23,46H2,1H3,(H2,47,60)(H,52,64)(H,53,65)(H,54,63)(H,55,61)(H,56,62)(H,57,66)(H4,48,49,50)/t24-,30-,32+,33+,34-,35+,36+,37+/m1/s1. The summed E-state index contributed by atoms with van der Waals surface area (Å²) in [6.07, 6.45) is 0.282. The lowest BCUT2D eigenvalue weighted by Crippen LogP contribution is -2.61. The topological polar surface area (TPSA) is 364 Å². The molecule has 0 saturated heterocycles. The molecule has 1 heterocycles. The zero-order valence-corrected chi connectivity index (χ0v) is 39.1. The summed E-state index contributed by atoms with van der Waals surface area (Å²) in [6.45, 7) is 1.29. The van der Waals surface area contributed by atoms with Crippen LogP contribution in [0.15, 0.2) is 90.1 Å². The maximum atomic E-state index is 14.6. The summed E-state index contributed by atoms with van der Waals surface area (Å²) in [4.78, 5) is 102. The van der Waals surface area contributed by atoms with E-state index in [1.807, 2.05) is 36.4 Å². The second-order valence-corrected chi connectivity index (χ2v) is 16.7. The summed E-state index contributed by atoms with van der Waals surface area (Å²) < 4.78 is 0. The summed E-state index contributed by atoms with van der Waals surface area (Å²) in [6, 6.07) is 12.8. The van der Waals surface area contributed by atoms with Gasteiger partial charge in [0.1, 0.15) is 42.0 Å². The Morgan fingerprint density at radius 3 is 1.72 bits per heavy atom. The summed E-state index contributed by atoms with van der Waals surface area (Å²) in [5.41, 5.74) is 25.2. The van der Waals surface area contributed by atoms with Crippen LogP contribution in [-0.2, 0) is 52.8 Å². The zero-order chi connectivity index (χ0) is 49.9. The molecule has 0 saturated carbocycles. The van der Waals surface area contributed by atoms with Gasteiger partial charge in [0, 0.05) is 48.0 Å². The van der Waals surface area contributed by atoms with Crippen LogP contribution in [0.4, 0.5) is 0 Å². The molecule has 17 N–H and O–H groups in total. The molecule has 8 atom stereocenters. The number of H-pyrrole nitrogens is 1.